The van der Waals surface area contributed by atoms with Gasteiger partial charge in [-0.15, -0.1) is 11.3 Å². The van der Waals surface area contributed by atoms with Crippen molar-refractivity contribution < 1.29 is 0 Å². The second-order valence-electron chi connectivity index (χ2n) is 5.11. The summed E-state index contributed by atoms with van der Waals surface area (Å²) < 4.78 is 3.24. The molecule has 104 valence electrons. The summed E-state index contributed by atoms with van der Waals surface area (Å²) in [5, 5.41) is 8.03. The topological polar surface area (TPSA) is 43.8 Å². The van der Waals surface area contributed by atoms with Gasteiger partial charge in [0.25, 0.3) is 0 Å². The molecule has 2 aromatic heterocycles. The molecule has 4 heteroatoms. The average molecular weight is 285 g/mol. The molecule has 0 aliphatic rings. The van der Waals surface area contributed by atoms with Crippen LogP contribution in [0.3, 0.4) is 0 Å². The van der Waals surface area contributed by atoms with Gasteiger partial charge in [-0.25, -0.2) is 0 Å². The van der Waals surface area contributed by atoms with Gasteiger partial charge in [-0.1, -0.05) is 25.1 Å². The summed E-state index contributed by atoms with van der Waals surface area (Å²) in [7, 11) is 1.97. The third kappa shape index (κ3) is 2.37. The van der Waals surface area contributed by atoms with Crippen LogP contribution in [0.15, 0.2) is 35.7 Å². The molecule has 1 atom stereocenters. The smallest absolute Gasteiger partial charge is 0.0625 e. The minimum Gasteiger partial charge on any atom is -0.322 e. The third-order valence-electron chi connectivity index (χ3n) is 3.71. The molecule has 1 unspecified atom stereocenters. The molecule has 3 nitrogen and oxygen atoms in total. The van der Waals surface area contributed by atoms with Gasteiger partial charge in [0.15, 0.2) is 0 Å². The minimum absolute atomic E-state index is 0.00851. The van der Waals surface area contributed by atoms with E-state index in [1.54, 1.807) is 11.3 Å². The summed E-state index contributed by atoms with van der Waals surface area (Å²) in [6, 6.07) is 10.6. The Kier molecular flexibility index (Phi) is 3.59. The summed E-state index contributed by atoms with van der Waals surface area (Å²) in [4.78, 5) is 0. The second kappa shape index (κ2) is 5.38. The van der Waals surface area contributed by atoms with Gasteiger partial charge in [0.2, 0.25) is 0 Å². The maximum atomic E-state index is 6.39. The Labute approximate surface area is 123 Å². The zero-order chi connectivity index (χ0) is 14.1. The van der Waals surface area contributed by atoms with Crippen LogP contribution >= 0.6 is 11.3 Å². The van der Waals surface area contributed by atoms with Gasteiger partial charge in [-0.3, -0.25) is 4.68 Å². The molecule has 2 heterocycles. The summed E-state index contributed by atoms with van der Waals surface area (Å²) in [6.07, 6.45) is 1.80. The summed E-state index contributed by atoms with van der Waals surface area (Å²) in [5.74, 6) is 0. The largest absolute Gasteiger partial charge is 0.322 e. The van der Waals surface area contributed by atoms with E-state index in [1.165, 1.54) is 15.6 Å². The fourth-order valence-corrected chi connectivity index (χ4v) is 3.57. The molecular formula is C16H19N3S. The van der Waals surface area contributed by atoms with Crippen LogP contribution in [0.2, 0.25) is 0 Å². The molecule has 0 saturated heterocycles. The number of nitrogens with zero attached hydrogens (tertiary/aromatic N) is 2. The number of benzene rings is 1. The van der Waals surface area contributed by atoms with Crippen molar-refractivity contribution in [2.45, 2.75) is 25.8 Å². The number of fused-ring (bicyclic) bond motifs is 1. The molecular weight excluding hydrogens is 266 g/mol. The summed E-state index contributed by atoms with van der Waals surface area (Å²) >= 11 is 1.79. The lowest BCUT2D eigenvalue weighted by Crippen LogP contribution is -2.16. The van der Waals surface area contributed by atoms with Crippen LogP contribution in [-0.2, 0) is 19.9 Å². The zero-order valence-corrected chi connectivity index (χ0v) is 12.7. The summed E-state index contributed by atoms with van der Waals surface area (Å²) in [5.41, 5.74) is 9.93. The van der Waals surface area contributed by atoms with Crippen molar-refractivity contribution in [2.75, 3.05) is 0 Å². The van der Waals surface area contributed by atoms with Crippen LogP contribution in [0, 0.1) is 0 Å². The number of aromatic nitrogens is 2. The molecule has 0 radical (unpaired) electrons. The highest BCUT2D eigenvalue weighted by molar-refractivity contribution is 7.17. The molecule has 0 saturated carbocycles. The maximum absolute atomic E-state index is 6.39. The van der Waals surface area contributed by atoms with Crippen molar-refractivity contribution in [1.29, 1.82) is 0 Å². The van der Waals surface area contributed by atoms with Crippen molar-refractivity contribution in [3.05, 3.63) is 52.7 Å². The predicted molar refractivity (Wildman–Crippen MR) is 85.0 cm³/mol. The molecule has 0 amide bonds. The lowest BCUT2D eigenvalue weighted by Gasteiger charge is -2.11. The standard InChI is InChI=1S/C16H19N3S/c1-3-12-9-15(19(2)18-12)14(17)8-11-10-20-16-7-5-4-6-13(11)16/h4-7,9-10,14H,3,8,17H2,1-2H3. The van der Waals surface area contributed by atoms with E-state index in [4.69, 9.17) is 5.73 Å². The van der Waals surface area contributed by atoms with Crippen molar-refractivity contribution in [3.63, 3.8) is 0 Å². The monoisotopic (exact) mass is 285 g/mol. The van der Waals surface area contributed by atoms with Gasteiger partial charge in [0, 0.05) is 11.7 Å². The Bertz CT molecular complexity index is 726. The molecule has 2 N–H and O–H groups in total. The predicted octanol–water partition coefficient (Wildman–Crippen LogP) is 3.44. The normalized spacial score (nSPS) is 12.9. The molecule has 20 heavy (non-hydrogen) atoms. The molecule has 0 fully saturated rings. The first-order valence-electron chi connectivity index (χ1n) is 6.92. The maximum Gasteiger partial charge on any atom is 0.0625 e. The van der Waals surface area contributed by atoms with Crippen LogP contribution in [0.5, 0.6) is 0 Å². The Morgan fingerprint density at radius 2 is 2.15 bits per heavy atom. The van der Waals surface area contributed by atoms with E-state index in [1.807, 2.05) is 11.7 Å². The van der Waals surface area contributed by atoms with Gasteiger partial charge < -0.3 is 5.73 Å². The fourth-order valence-electron chi connectivity index (χ4n) is 2.60. The van der Waals surface area contributed by atoms with E-state index in [-0.39, 0.29) is 6.04 Å². The van der Waals surface area contributed by atoms with Crippen molar-refractivity contribution in [2.24, 2.45) is 12.8 Å². The lowest BCUT2D eigenvalue weighted by atomic mass is 10.0. The molecule has 0 aliphatic carbocycles. The van der Waals surface area contributed by atoms with Gasteiger partial charge in [-0.2, -0.15) is 5.10 Å². The number of aryl methyl sites for hydroxylation is 2. The first-order chi connectivity index (χ1) is 9.69. The zero-order valence-electron chi connectivity index (χ0n) is 11.8. The second-order valence-corrected chi connectivity index (χ2v) is 6.02. The van der Waals surface area contributed by atoms with Gasteiger partial charge in [0.1, 0.15) is 0 Å². The Balaban J connectivity index is 1.88. The van der Waals surface area contributed by atoms with Crippen molar-refractivity contribution in [1.82, 2.24) is 9.78 Å². The molecule has 0 aliphatic heterocycles. The van der Waals surface area contributed by atoms with E-state index >= 15 is 0 Å². The van der Waals surface area contributed by atoms with Crippen molar-refractivity contribution in [3.8, 4) is 0 Å². The van der Waals surface area contributed by atoms with E-state index in [0.29, 0.717) is 0 Å². The van der Waals surface area contributed by atoms with Crippen LogP contribution in [-0.4, -0.2) is 9.78 Å². The van der Waals surface area contributed by atoms with E-state index in [9.17, 15) is 0 Å². The van der Waals surface area contributed by atoms with Crippen LogP contribution in [0.25, 0.3) is 10.1 Å². The van der Waals surface area contributed by atoms with Crippen LogP contribution in [0.1, 0.15) is 29.9 Å². The first kappa shape index (κ1) is 13.3. The number of rotatable bonds is 4. The van der Waals surface area contributed by atoms with Crippen molar-refractivity contribution >= 4 is 21.4 Å². The van der Waals surface area contributed by atoms with Gasteiger partial charge in [0.05, 0.1) is 17.4 Å². The molecule has 1 aromatic carbocycles. The van der Waals surface area contributed by atoms with Gasteiger partial charge in [-0.05, 0) is 41.3 Å². The van der Waals surface area contributed by atoms with Crippen LogP contribution in [0.4, 0.5) is 0 Å². The van der Waals surface area contributed by atoms with E-state index < -0.39 is 0 Å². The number of hydrogen-bond acceptors (Lipinski definition) is 3. The Morgan fingerprint density at radius 3 is 2.90 bits per heavy atom. The Hall–Kier alpha value is -1.65. The third-order valence-corrected chi connectivity index (χ3v) is 4.72. The van der Waals surface area contributed by atoms with E-state index in [0.717, 1.165) is 24.2 Å². The number of thiophene rings is 1. The molecule has 3 rings (SSSR count). The molecule has 0 bridgehead atoms. The minimum atomic E-state index is -0.00851. The average Bonchev–Trinajstić information content (AvgIpc) is 3.03. The quantitative estimate of drug-likeness (QED) is 0.798. The Morgan fingerprint density at radius 1 is 1.35 bits per heavy atom. The highest BCUT2D eigenvalue weighted by atomic mass is 32.1. The number of nitrogens with two attached hydrogens (primary N) is 1. The lowest BCUT2D eigenvalue weighted by molar-refractivity contribution is 0.616. The van der Waals surface area contributed by atoms with E-state index in [2.05, 4.69) is 47.7 Å². The van der Waals surface area contributed by atoms with Gasteiger partial charge >= 0.3 is 0 Å². The highest BCUT2D eigenvalue weighted by Crippen LogP contribution is 2.28. The van der Waals surface area contributed by atoms with Crippen LogP contribution < -0.4 is 5.73 Å². The number of hydrogen-bond donors (Lipinski definition) is 1. The highest BCUT2D eigenvalue weighted by Gasteiger charge is 2.15. The molecule has 0 spiro atoms. The SMILES string of the molecule is CCc1cc(C(N)Cc2csc3ccccc23)n(C)n1. The first-order valence-corrected chi connectivity index (χ1v) is 7.80. The summed E-state index contributed by atoms with van der Waals surface area (Å²) in [6.45, 7) is 2.12. The fraction of sp³-hybridized carbons (Fsp3) is 0.312. The molecule has 3 aromatic rings.